The molecule has 0 bridgehead atoms. The van der Waals surface area contributed by atoms with Gasteiger partial charge in [-0.3, -0.25) is 4.79 Å². The second-order valence-corrected chi connectivity index (χ2v) is 5.11. The zero-order valence-corrected chi connectivity index (χ0v) is 12.2. The molecule has 2 N–H and O–H groups in total. The van der Waals surface area contributed by atoms with Crippen LogP contribution in [0.1, 0.15) is 26.3 Å². The normalized spacial score (nSPS) is 12.3. The first-order chi connectivity index (χ1) is 8.90. The minimum Gasteiger partial charge on any atom is -0.491 e. The van der Waals surface area contributed by atoms with E-state index in [1.165, 1.54) is 5.56 Å². The fraction of sp³-hybridized carbons (Fsp3) is 0.533. The van der Waals surface area contributed by atoms with Gasteiger partial charge in [-0.2, -0.15) is 0 Å². The third-order valence-electron chi connectivity index (χ3n) is 2.80. The lowest BCUT2D eigenvalue weighted by Crippen LogP contribution is -2.40. The van der Waals surface area contributed by atoms with Crippen LogP contribution < -0.4 is 10.5 Å². The molecule has 0 aliphatic carbocycles. The summed E-state index contributed by atoms with van der Waals surface area (Å²) in [6.45, 7) is 6.38. The van der Waals surface area contributed by atoms with Crippen molar-refractivity contribution in [2.45, 2.75) is 39.3 Å². The van der Waals surface area contributed by atoms with Crippen molar-refractivity contribution < 1.29 is 9.53 Å². The Hall–Kier alpha value is -1.55. The molecule has 1 amide bonds. The Morgan fingerprint density at radius 2 is 1.84 bits per heavy atom. The van der Waals surface area contributed by atoms with Gasteiger partial charge in [0.05, 0.1) is 12.1 Å². The third kappa shape index (κ3) is 5.30. The Labute approximate surface area is 115 Å². The predicted octanol–water partition coefficient (Wildman–Crippen LogP) is 1.82. The van der Waals surface area contributed by atoms with Crippen molar-refractivity contribution in [1.82, 2.24) is 4.90 Å². The van der Waals surface area contributed by atoms with E-state index in [0.717, 1.165) is 12.2 Å². The van der Waals surface area contributed by atoms with Crippen LogP contribution in [-0.4, -0.2) is 36.5 Å². The van der Waals surface area contributed by atoms with E-state index in [-0.39, 0.29) is 12.0 Å². The van der Waals surface area contributed by atoms with Crippen LogP contribution in [0.2, 0.25) is 0 Å². The first-order valence-electron chi connectivity index (χ1n) is 6.66. The monoisotopic (exact) mass is 264 g/mol. The lowest BCUT2D eigenvalue weighted by atomic mass is 10.1. The second kappa shape index (κ2) is 7.14. The lowest BCUT2D eigenvalue weighted by molar-refractivity contribution is -0.130. The Kier molecular flexibility index (Phi) is 5.83. The van der Waals surface area contributed by atoms with Crippen molar-refractivity contribution in [2.24, 2.45) is 5.73 Å². The summed E-state index contributed by atoms with van der Waals surface area (Å²) in [5.74, 6) is 0.846. The smallest absolute Gasteiger partial charge is 0.238 e. The van der Waals surface area contributed by atoms with Crippen LogP contribution in [-0.2, 0) is 11.2 Å². The highest BCUT2D eigenvalue weighted by molar-refractivity contribution is 5.80. The molecular formula is C15H24N2O2. The highest BCUT2D eigenvalue weighted by Gasteiger charge is 2.12. The number of amides is 1. The maximum Gasteiger partial charge on any atom is 0.238 e. The Morgan fingerprint density at radius 1 is 1.26 bits per heavy atom. The molecule has 0 spiro atoms. The molecule has 1 atom stereocenters. The lowest BCUT2D eigenvalue weighted by Gasteiger charge is -2.19. The number of nitrogens with two attached hydrogens (primary N) is 1. The van der Waals surface area contributed by atoms with Crippen LogP contribution in [0.15, 0.2) is 24.3 Å². The number of hydrogen-bond donors (Lipinski definition) is 1. The SMILES string of the molecule is CC(C)Oc1ccc(CCN(C)C(=O)C(C)N)cc1. The zero-order chi connectivity index (χ0) is 14.4. The van der Waals surface area contributed by atoms with Gasteiger partial charge in [0, 0.05) is 13.6 Å². The molecule has 0 saturated heterocycles. The number of carbonyl (C=O) groups is 1. The van der Waals surface area contributed by atoms with Gasteiger partial charge in [-0.1, -0.05) is 12.1 Å². The highest BCUT2D eigenvalue weighted by atomic mass is 16.5. The van der Waals surface area contributed by atoms with Gasteiger partial charge in [0.2, 0.25) is 5.91 Å². The second-order valence-electron chi connectivity index (χ2n) is 5.11. The van der Waals surface area contributed by atoms with Crippen molar-refractivity contribution in [2.75, 3.05) is 13.6 Å². The summed E-state index contributed by atoms with van der Waals surface area (Å²) in [7, 11) is 1.78. The molecule has 0 fully saturated rings. The molecule has 4 heteroatoms. The maximum atomic E-state index is 11.6. The molecule has 1 aromatic carbocycles. The summed E-state index contributed by atoms with van der Waals surface area (Å²) >= 11 is 0. The number of nitrogens with zero attached hydrogens (tertiary/aromatic N) is 1. The zero-order valence-electron chi connectivity index (χ0n) is 12.2. The van der Waals surface area contributed by atoms with Gasteiger partial charge in [0.15, 0.2) is 0 Å². The summed E-state index contributed by atoms with van der Waals surface area (Å²) < 4.78 is 5.58. The first-order valence-corrected chi connectivity index (χ1v) is 6.66. The van der Waals surface area contributed by atoms with Crippen LogP contribution in [0.5, 0.6) is 5.75 Å². The van der Waals surface area contributed by atoms with Crippen molar-refractivity contribution in [1.29, 1.82) is 0 Å². The Balaban J connectivity index is 2.48. The number of hydrogen-bond acceptors (Lipinski definition) is 3. The van der Waals surface area contributed by atoms with E-state index < -0.39 is 6.04 Å². The van der Waals surface area contributed by atoms with Gasteiger partial charge in [-0.05, 0) is 44.9 Å². The molecule has 19 heavy (non-hydrogen) atoms. The molecule has 1 unspecified atom stereocenters. The van der Waals surface area contributed by atoms with E-state index >= 15 is 0 Å². The number of likely N-dealkylation sites (N-methyl/N-ethyl adjacent to an activating group) is 1. The van der Waals surface area contributed by atoms with E-state index in [0.29, 0.717) is 6.54 Å². The third-order valence-corrected chi connectivity index (χ3v) is 2.80. The quantitative estimate of drug-likeness (QED) is 0.852. The molecule has 0 heterocycles. The first kappa shape index (κ1) is 15.5. The van der Waals surface area contributed by atoms with Crippen LogP contribution in [0.4, 0.5) is 0 Å². The molecule has 1 rings (SSSR count). The predicted molar refractivity (Wildman–Crippen MR) is 77.2 cm³/mol. The number of benzene rings is 1. The Bertz CT molecular complexity index is 399. The van der Waals surface area contributed by atoms with Crippen LogP contribution in [0.25, 0.3) is 0 Å². The maximum absolute atomic E-state index is 11.6. The average Bonchev–Trinajstić information content (AvgIpc) is 2.35. The molecule has 0 aliphatic rings. The average molecular weight is 264 g/mol. The molecule has 0 aromatic heterocycles. The van der Waals surface area contributed by atoms with E-state index in [1.54, 1.807) is 18.9 Å². The standard InChI is InChI=1S/C15H24N2O2/c1-11(2)19-14-7-5-13(6-8-14)9-10-17(4)15(18)12(3)16/h5-8,11-12H,9-10,16H2,1-4H3. The van der Waals surface area contributed by atoms with Crippen LogP contribution >= 0.6 is 0 Å². The highest BCUT2D eigenvalue weighted by Crippen LogP contribution is 2.14. The summed E-state index contributed by atoms with van der Waals surface area (Å²) in [5, 5.41) is 0. The fourth-order valence-corrected chi connectivity index (χ4v) is 1.76. The van der Waals surface area contributed by atoms with Crippen molar-refractivity contribution >= 4 is 5.91 Å². The topological polar surface area (TPSA) is 55.6 Å². The molecule has 0 saturated carbocycles. The van der Waals surface area contributed by atoms with Gasteiger partial charge >= 0.3 is 0 Å². The van der Waals surface area contributed by atoms with Crippen LogP contribution in [0.3, 0.4) is 0 Å². The summed E-state index contributed by atoms with van der Waals surface area (Å²) in [6.07, 6.45) is 0.998. The largest absolute Gasteiger partial charge is 0.491 e. The van der Waals surface area contributed by atoms with Gasteiger partial charge < -0.3 is 15.4 Å². The van der Waals surface area contributed by atoms with Gasteiger partial charge in [-0.15, -0.1) is 0 Å². The molecule has 0 radical (unpaired) electrons. The van der Waals surface area contributed by atoms with Gasteiger partial charge in [0.25, 0.3) is 0 Å². The van der Waals surface area contributed by atoms with Crippen molar-refractivity contribution in [3.8, 4) is 5.75 Å². The minimum atomic E-state index is -0.438. The fourth-order valence-electron chi connectivity index (χ4n) is 1.76. The summed E-state index contributed by atoms with van der Waals surface area (Å²) in [4.78, 5) is 13.3. The van der Waals surface area contributed by atoms with Gasteiger partial charge in [-0.25, -0.2) is 0 Å². The van der Waals surface area contributed by atoms with Crippen molar-refractivity contribution in [3.63, 3.8) is 0 Å². The van der Waals surface area contributed by atoms with E-state index in [1.807, 2.05) is 38.1 Å². The molecule has 1 aromatic rings. The summed E-state index contributed by atoms with van der Waals surface area (Å²) in [6, 6.07) is 7.54. The van der Waals surface area contributed by atoms with E-state index in [9.17, 15) is 4.79 Å². The number of ether oxygens (including phenoxy) is 1. The summed E-state index contributed by atoms with van der Waals surface area (Å²) in [5.41, 5.74) is 6.75. The Morgan fingerprint density at radius 3 is 2.32 bits per heavy atom. The number of carbonyl (C=O) groups excluding carboxylic acids is 1. The van der Waals surface area contributed by atoms with Gasteiger partial charge in [0.1, 0.15) is 5.75 Å². The van der Waals surface area contributed by atoms with Crippen molar-refractivity contribution in [3.05, 3.63) is 29.8 Å². The number of rotatable bonds is 6. The van der Waals surface area contributed by atoms with Crippen LogP contribution in [0, 0.1) is 0 Å². The van der Waals surface area contributed by atoms with E-state index in [4.69, 9.17) is 10.5 Å². The molecular weight excluding hydrogens is 240 g/mol. The molecule has 4 nitrogen and oxygen atoms in total. The molecule has 0 aliphatic heterocycles. The molecule has 106 valence electrons. The van der Waals surface area contributed by atoms with E-state index in [2.05, 4.69) is 0 Å². The minimum absolute atomic E-state index is 0.0280.